The molecule has 0 atom stereocenters. The Morgan fingerprint density at radius 3 is 1.77 bits per heavy atom. The zero-order valence-electron chi connectivity index (χ0n) is 10.3. The summed E-state index contributed by atoms with van der Waals surface area (Å²) >= 11 is 11.2. The summed E-state index contributed by atoms with van der Waals surface area (Å²) < 4.78 is 13.2. The average Bonchev–Trinajstić information content (AvgIpc) is 3.15. The van der Waals surface area contributed by atoms with Gasteiger partial charge in [0.05, 0.1) is 27.2 Å². The van der Waals surface area contributed by atoms with Crippen LogP contribution in [0.25, 0.3) is 22.8 Å². The maximum Gasteiger partial charge on any atom is 0.310 e. The minimum absolute atomic E-state index is 0.0259. The molecule has 12 nitrogen and oxygen atoms in total. The van der Waals surface area contributed by atoms with Gasteiger partial charge < -0.3 is 15.6 Å². The molecule has 3 aromatic heterocycles. The summed E-state index contributed by atoms with van der Waals surface area (Å²) in [6, 6.07) is 0. The third-order valence-corrected chi connectivity index (χ3v) is 3.22. The fraction of sp³-hybridized carbons (Fsp3) is 0.250. The number of halogens is 2. The monoisotopic (exact) mass is 350 g/mol. The van der Waals surface area contributed by atoms with Crippen LogP contribution in [0, 0.1) is 15.6 Å². The highest BCUT2D eigenvalue weighted by Crippen LogP contribution is 2.29. The van der Waals surface area contributed by atoms with E-state index in [9.17, 15) is 15.6 Å². The molecule has 22 heavy (non-hydrogen) atoms. The fourth-order valence-electron chi connectivity index (χ4n) is 1.72. The molecule has 0 aliphatic carbocycles. The Morgan fingerprint density at radius 2 is 1.18 bits per heavy atom. The maximum absolute atomic E-state index is 11.8. The molecule has 0 spiro atoms. The van der Waals surface area contributed by atoms with Gasteiger partial charge in [0.1, 0.15) is 0 Å². The first kappa shape index (κ1) is 14.3. The summed E-state index contributed by atoms with van der Waals surface area (Å²) in [5.74, 6) is -0.564. The van der Waals surface area contributed by atoms with Crippen LogP contribution in [0.2, 0.25) is 0 Å². The van der Waals surface area contributed by atoms with E-state index in [4.69, 9.17) is 23.2 Å². The van der Waals surface area contributed by atoms with Crippen molar-refractivity contribution in [2.45, 2.75) is 11.8 Å². The van der Waals surface area contributed by atoms with Gasteiger partial charge in [-0.15, -0.1) is 23.2 Å². The van der Waals surface area contributed by atoms with E-state index in [1.54, 1.807) is 0 Å². The van der Waals surface area contributed by atoms with Crippen molar-refractivity contribution in [3.8, 4) is 22.8 Å². The zero-order valence-corrected chi connectivity index (χ0v) is 11.8. The van der Waals surface area contributed by atoms with Crippen LogP contribution in [-0.4, -0.2) is 15.5 Å². The van der Waals surface area contributed by atoms with E-state index in [0.29, 0.717) is 0 Å². The van der Waals surface area contributed by atoms with Gasteiger partial charge in [-0.1, -0.05) is 0 Å². The molecule has 0 aromatic carbocycles. The molecule has 0 radical (unpaired) electrons. The predicted octanol–water partition coefficient (Wildman–Crippen LogP) is -0.638. The van der Waals surface area contributed by atoms with Crippen molar-refractivity contribution >= 4 is 23.2 Å². The molecule has 0 aliphatic rings. The number of hydrogen-bond donors (Lipinski definition) is 0. The van der Waals surface area contributed by atoms with E-state index in [0.717, 1.165) is 0 Å². The van der Waals surface area contributed by atoms with E-state index < -0.39 is 0 Å². The molecule has 14 heteroatoms. The lowest BCUT2D eigenvalue weighted by molar-refractivity contribution is -0.807. The highest BCUT2D eigenvalue weighted by molar-refractivity contribution is 6.17. The van der Waals surface area contributed by atoms with Gasteiger partial charge in [-0.25, -0.2) is 0 Å². The van der Waals surface area contributed by atoms with Crippen molar-refractivity contribution in [1.82, 2.24) is 15.5 Å². The molecule has 0 unspecified atom stereocenters. The lowest BCUT2D eigenvalue weighted by atomic mass is 10.1. The Kier molecular flexibility index (Phi) is 3.46. The molecule has 3 aromatic rings. The van der Waals surface area contributed by atoms with Crippen LogP contribution in [0.15, 0.2) is 13.9 Å². The van der Waals surface area contributed by atoms with Crippen LogP contribution in [0.3, 0.4) is 0 Å². The van der Waals surface area contributed by atoms with E-state index >= 15 is 0 Å². The highest BCUT2D eigenvalue weighted by atomic mass is 35.5. The molecular weight excluding hydrogens is 347 g/mol. The van der Waals surface area contributed by atoms with Crippen molar-refractivity contribution < 1.29 is 28.6 Å². The van der Waals surface area contributed by atoms with Gasteiger partial charge in [-0.3, -0.25) is 13.9 Å². The normalized spacial score (nSPS) is 11.2. The second-order valence-electron chi connectivity index (χ2n) is 3.85. The van der Waals surface area contributed by atoms with Crippen LogP contribution in [0.1, 0.15) is 11.4 Å². The Bertz CT molecular complexity index is 827. The van der Waals surface area contributed by atoms with Gasteiger partial charge >= 0.3 is 17.1 Å². The van der Waals surface area contributed by atoms with Gasteiger partial charge in [0.25, 0.3) is 5.69 Å². The summed E-state index contributed by atoms with van der Waals surface area (Å²) in [7, 11) is 0. The quantitative estimate of drug-likeness (QED) is 0.440. The Labute approximate surface area is 129 Å². The second-order valence-corrected chi connectivity index (χ2v) is 4.38. The molecule has 0 saturated carbocycles. The molecule has 0 bridgehead atoms. The van der Waals surface area contributed by atoms with Crippen molar-refractivity contribution in [3.63, 3.8) is 0 Å². The van der Waals surface area contributed by atoms with Crippen LogP contribution in [0.5, 0.6) is 0 Å². The number of rotatable bonds is 4. The van der Waals surface area contributed by atoms with E-state index in [1.807, 2.05) is 0 Å². The third kappa shape index (κ3) is 2.00. The second kappa shape index (κ2) is 5.31. The smallest absolute Gasteiger partial charge is 0.310 e. The van der Waals surface area contributed by atoms with Crippen molar-refractivity contribution in [2.24, 2.45) is 0 Å². The average molecular weight is 351 g/mol. The third-order valence-electron chi connectivity index (χ3n) is 2.71. The lowest BCUT2D eigenvalue weighted by Crippen LogP contribution is -2.30. The largest absolute Gasteiger partial charge is 0.359 e. The van der Waals surface area contributed by atoms with Gasteiger partial charge in [0, 0.05) is 0 Å². The Balaban J connectivity index is 2.24. The predicted molar refractivity (Wildman–Crippen MR) is 63.5 cm³/mol. The van der Waals surface area contributed by atoms with E-state index in [-0.39, 0.29) is 60.6 Å². The van der Waals surface area contributed by atoms with Crippen LogP contribution in [0.4, 0.5) is 0 Å². The first-order valence-corrected chi connectivity index (χ1v) is 6.55. The molecule has 3 heterocycles. The molecule has 0 saturated heterocycles. The van der Waals surface area contributed by atoms with Crippen molar-refractivity contribution in [3.05, 3.63) is 27.0 Å². The van der Waals surface area contributed by atoms with E-state index in [1.165, 1.54) is 0 Å². The summed E-state index contributed by atoms with van der Waals surface area (Å²) in [5, 5.41) is 44.9. The molecule has 0 N–H and O–H groups in total. The van der Waals surface area contributed by atoms with Crippen molar-refractivity contribution in [2.75, 3.05) is 0 Å². The van der Waals surface area contributed by atoms with Gasteiger partial charge in [-0.2, -0.15) is 0 Å². The molecule has 0 amide bonds. The number of hydrogen-bond acceptors (Lipinski definition) is 9. The van der Waals surface area contributed by atoms with Crippen molar-refractivity contribution in [1.29, 1.82) is 0 Å². The molecular formula is C8H4Cl2N6O6. The Morgan fingerprint density at radius 1 is 0.727 bits per heavy atom. The minimum atomic E-state index is -0.325. The number of nitrogens with zero attached hydrogens (tertiary/aromatic N) is 6. The SMILES string of the molecule is [O-][n+]1onc(-c2no[n+]([O-])c2-c2no[n+]([O-])c2CCl)c1CCl. The fourth-order valence-corrected chi connectivity index (χ4v) is 2.17. The molecule has 0 fully saturated rings. The first-order chi connectivity index (χ1) is 10.6. The summed E-state index contributed by atoms with van der Waals surface area (Å²) in [6.07, 6.45) is 0. The summed E-state index contributed by atoms with van der Waals surface area (Å²) in [6.45, 7) is 0. The Hall–Kier alpha value is -2.60. The maximum atomic E-state index is 11.8. The molecule has 3 rings (SSSR count). The van der Waals surface area contributed by atoms with Crippen LogP contribution >= 0.6 is 23.2 Å². The van der Waals surface area contributed by atoms with E-state index in [2.05, 4.69) is 29.4 Å². The number of alkyl halides is 2. The first-order valence-electron chi connectivity index (χ1n) is 5.48. The lowest BCUT2D eigenvalue weighted by Gasteiger charge is -1.92. The van der Waals surface area contributed by atoms with Gasteiger partial charge in [0.2, 0.25) is 11.4 Å². The minimum Gasteiger partial charge on any atom is -0.359 e. The van der Waals surface area contributed by atoms with Crippen LogP contribution in [-0.2, 0) is 11.8 Å². The summed E-state index contributed by atoms with van der Waals surface area (Å²) in [5.41, 5.74) is -1.14. The van der Waals surface area contributed by atoms with Crippen LogP contribution < -0.4 is 14.7 Å². The van der Waals surface area contributed by atoms with Gasteiger partial charge in [0.15, 0.2) is 0 Å². The highest BCUT2D eigenvalue weighted by Gasteiger charge is 2.39. The molecule has 0 aliphatic heterocycles. The molecule has 116 valence electrons. The number of aromatic nitrogens is 6. The summed E-state index contributed by atoms with van der Waals surface area (Å²) in [4.78, 5) is 0.0399. The van der Waals surface area contributed by atoms with Gasteiger partial charge in [-0.05, 0) is 14.7 Å². The standard InChI is InChI=1S/C8H4Cl2N6O6/c9-1-3-5(11-20-14(3)17)7-8(16(19)22-13-7)6-4(2-10)15(18)21-12-6/h1-2H2. The topological polar surface area (TPSA) is 159 Å². The zero-order chi connectivity index (χ0) is 15.9.